The zero-order valence-corrected chi connectivity index (χ0v) is 6.31. The van der Waals surface area contributed by atoms with Gasteiger partial charge in [-0.2, -0.15) is 0 Å². The van der Waals surface area contributed by atoms with E-state index in [9.17, 15) is 4.79 Å². The van der Waals surface area contributed by atoms with E-state index in [-0.39, 0.29) is 10.8 Å². The second-order valence-corrected chi connectivity index (χ2v) is 2.30. The number of thiocarbonyl (C=S) groups is 1. The predicted molar refractivity (Wildman–Crippen MR) is 43.0 cm³/mol. The maximum Gasteiger partial charge on any atom is 0.284 e. The van der Waals surface area contributed by atoms with Crippen LogP contribution in [0.15, 0.2) is 6.20 Å². The van der Waals surface area contributed by atoms with Crippen LogP contribution in [0.2, 0.25) is 0 Å². The number of hydrogen-bond acceptors (Lipinski definition) is 3. The second-order valence-electron chi connectivity index (χ2n) is 1.86. The minimum Gasteiger partial charge on any atom is -0.388 e. The summed E-state index contributed by atoms with van der Waals surface area (Å²) < 4.78 is 0. The highest BCUT2D eigenvalue weighted by molar-refractivity contribution is 7.80. The molecule has 0 saturated carbocycles. The fourth-order valence-electron chi connectivity index (χ4n) is 0.574. The molecule has 5 N–H and O–H groups in total. The van der Waals surface area contributed by atoms with Crippen molar-refractivity contribution >= 4 is 23.1 Å². The predicted octanol–water partition coefficient (Wildman–Crippen LogP) is -0.857. The molecule has 6 heteroatoms. The topological polar surface area (TPSA) is 97.8 Å². The number of hydrogen-bond donors (Lipinski definition) is 3. The monoisotopic (exact) mass is 170 g/mol. The molecule has 1 rings (SSSR count). The molecule has 0 aliphatic heterocycles. The number of primary amides is 1. The number of aromatic amines is 1. The number of carbonyl (C=O) groups is 1. The molecule has 0 aromatic carbocycles. The zero-order chi connectivity index (χ0) is 8.43. The van der Waals surface area contributed by atoms with E-state index in [4.69, 9.17) is 11.5 Å². The second kappa shape index (κ2) is 2.67. The molecule has 1 aromatic heterocycles. The SMILES string of the molecule is NC(=O)c1nc(C(N)=S)c[nH]1. The Labute approximate surface area is 67.8 Å². The Hall–Kier alpha value is -1.43. The summed E-state index contributed by atoms with van der Waals surface area (Å²) in [6.45, 7) is 0. The van der Waals surface area contributed by atoms with Gasteiger partial charge in [0, 0.05) is 6.20 Å². The maximum absolute atomic E-state index is 10.5. The highest BCUT2D eigenvalue weighted by Crippen LogP contribution is 1.95. The van der Waals surface area contributed by atoms with Crippen molar-refractivity contribution in [1.29, 1.82) is 0 Å². The molecule has 0 spiro atoms. The van der Waals surface area contributed by atoms with Crippen LogP contribution in [0.3, 0.4) is 0 Å². The van der Waals surface area contributed by atoms with E-state index in [0.29, 0.717) is 5.69 Å². The quantitative estimate of drug-likeness (QED) is 0.503. The van der Waals surface area contributed by atoms with Crippen LogP contribution in [-0.2, 0) is 0 Å². The van der Waals surface area contributed by atoms with Crippen molar-refractivity contribution < 1.29 is 4.79 Å². The van der Waals surface area contributed by atoms with Crippen LogP contribution in [-0.4, -0.2) is 20.9 Å². The van der Waals surface area contributed by atoms with E-state index in [1.807, 2.05) is 0 Å². The first-order chi connectivity index (χ1) is 5.11. The molecule has 58 valence electrons. The summed E-state index contributed by atoms with van der Waals surface area (Å²) in [5.74, 6) is -0.569. The number of amides is 1. The van der Waals surface area contributed by atoms with Crippen molar-refractivity contribution in [3.05, 3.63) is 17.7 Å². The Bertz CT molecular complexity index is 277. The van der Waals surface area contributed by atoms with Gasteiger partial charge in [0.15, 0.2) is 5.82 Å². The highest BCUT2D eigenvalue weighted by atomic mass is 32.1. The number of carbonyl (C=O) groups excluding carboxylic acids is 1. The number of nitrogens with zero attached hydrogens (tertiary/aromatic N) is 1. The Morgan fingerprint density at radius 2 is 2.27 bits per heavy atom. The van der Waals surface area contributed by atoms with E-state index in [0.717, 1.165) is 0 Å². The third-order valence-corrected chi connectivity index (χ3v) is 1.27. The maximum atomic E-state index is 10.5. The van der Waals surface area contributed by atoms with Crippen LogP contribution in [0.1, 0.15) is 16.3 Å². The van der Waals surface area contributed by atoms with Crippen molar-refractivity contribution in [1.82, 2.24) is 9.97 Å². The number of nitrogens with two attached hydrogens (primary N) is 2. The third kappa shape index (κ3) is 1.53. The fourth-order valence-corrected chi connectivity index (χ4v) is 0.679. The molecule has 1 heterocycles. The number of imidazole rings is 1. The molecule has 0 fully saturated rings. The molecule has 0 radical (unpaired) electrons. The van der Waals surface area contributed by atoms with Gasteiger partial charge in [0.1, 0.15) is 10.7 Å². The molecule has 11 heavy (non-hydrogen) atoms. The van der Waals surface area contributed by atoms with Gasteiger partial charge in [-0.25, -0.2) is 4.98 Å². The van der Waals surface area contributed by atoms with Crippen LogP contribution in [0.5, 0.6) is 0 Å². The number of nitrogens with one attached hydrogen (secondary N) is 1. The summed E-state index contributed by atoms with van der Waals surface area (Å²) >= 11 is 4.61. The largest absolute Gasteiger partial charge is 0.388 e. The van der Waals surface area contributed by atoms with E-state index >= 15 is 0 Å². The standard InChI is InChI=1S/C5H6N4OS/c6-3(10)5-8-1-2(9-5)4(7)11/h1H,(H2,6,10)(H2,7,11)(H,8,9). The van der Waals surface area contributed by atoms with Crippen LogP contribution in [0.25, 0.3) is 0 Å². The molecule has 0 unspecified atom stereocenters. The van der Waals surface area contributed by atoms with E-state index in [1.54, 1.807) is 0 Å². The van der Waals surface area contributed by atoms with Gasteiger partial charge in [0.05, 0.1) is 0 Å². The molecule has 0 atom stereocenters. The Balaban J connectivity index is 2.99. The molecule has 1 amide bonds. The Morgan fingerprint density at radius 3 is 2.55 bits per heavy atom. The van der Waals surface area contributed by atoms with E-state index in [2.05, 4.69) is 22.2 Å². The normalized spacial score (nSPS) is 9.45. The molecule has 5 nitrogen and oxygen atoms in total. The van der Waals surface area contributed by atoms with Gasteiger partial charge in [-0.3, -0.25) is 4.79 Å². The molecular formula is C5H6N4OS. The molecule has 0 aliphatic rings. The number of H-pyrrole nitrogens is 1. The van der Waals surface area contributed by atoms with Crippen LogP contribution < -0.4 is 11.5 Å². The average Bonchev–Trinajstić information content (AvgIpc) is 2.33. The smallest absolute Gasteiger partial charge is 0.284 e. The lowest BCUT2D eigenvalue weighted by Gasteiger charge is -1.85. The summed E-state index contributed by atoms with van der Waals surface area (Å²) in [7, 11) is 0. The van der Waals surface area contributed by atoms with Gasteiger partial charge in [-0.1, -0.05) is 12.2 Å². The third-order valence-electron chi connectivity index (χ3n) is 1.06. The lowest BCUT2D eigenvalue weighted by atomic mass is 10.5. The minimum atomic E-state index is -0.632. The fraction of sp³-hybridized carbons (Fsp3) is 0. The average molecular weight is 170 g/mol. The van der Waals surface area contributed by atoms with Crippen LogP contribution >= 0.6 is 12.2 Å². The van der Waals surface area contributed by atoms with Crippen LogP contribution in [0, 0.1) is 0 Å². The summed E-state index contributed by atoms with van der Waals surface area (Å²) in [6, 6.07) is 0. The highest BCUT2D eigenvalue weighted by Gasteiger charge is 2.06. The first-order valence-electron chi connectivity index (χ1n) is 2.76. The Morgan fingerprint density at radius 1 is 1.64 bits per heavy atom. The summed E-state index contributed by atoms with van der Waals surface area (Å²) in [6.07, 6.45) is 1.43. The van der Waals surface area contributed by atoms with E-state index in [1.165, 1.54) is 6.20 Å². The van der Waals surface area contributed by atoms with Gasteiger partial charge in [0.25, 0.3) is 5.91 Å². The van der Waals surface area contributed by atoms with Crippen molar-refractivity contribution in [2.45, 2.75) is 0 Å². The Kier molecular flexibility index (Phi) is 1.86. The van der Waals surface area contributed by atoms with Crippen molar-refractivity contribution in [2.24, 2.45) is 11.5 Å². The first-order valence-corrected chi connectivity index (χ1v) is 3.17. The first kappa shape index (κ1) is 7.67. The lowest BCUT2D eigenvalue weighted by molar-refractivity contribution is 0.0991. The molecule has 0 saturated heterocycles. The van der Waals surface area contributed by atoms with Gasteiger partial charge in [-0.05, 0) is 0 Å². The van der Waals surface area contributed by atoms with Crippen molar-refractivity contribution in [3.8, 4) is 0 Å². The van der Waals surface area contributed by atoms with Gasteiger partial charge in [-0.15, -0.1) is 0 Å². The lowest BCUT2D eigenvalue weighted by Crippen LogP contribution is -2.14. The summed E-state index contributed by atoms with van der Waals surface area (Å²) in [5, 5.41) is 0. The van der Waals surface area contributed by atoms with Crippen molar-refractivity contribution in [3.63, 3.8) is 0 Å². The molecular weight excluding hydrogens is 164 g/mol. The molecule has 0 aliphatic carbocycles. The number of rotatable bonds is 2. The summed E-state index contributed by atoms with van der Waals surface area (Å²) in [5.41, 5.74) is 10.5. The summed E-state index contributed by atoms with van der Waals surface area (Å²) in [4.78, 5) is 16.9. The van der Waals surface area contributed by atoms with Gasteiger partial charge >= 0.3 is 0 Å². The zero-order valence-electron chi connectivity index (χ0n) is 5.50. The molecule has 0 bridgehead atoms. The van der Waals surface area contributed by atoms with Crippen LogP contribution in [0.4, 0.5) is 0 Å². The van der Waals surface area contributed by atoms with E-state index < -0.39 is 5.91 Å². The van der Waals surface area contributed by atoms with Crippen molar-refractivity contribution in [2.75, 3.05) is 0 Å². The minimum absolute atomic E-state index is 0.0628. The van der Waals surface area contributed by atoms with Gasteiger partial charge in [0.2, 0.25) is 0 Å². The van der Waals surface area contributed by atoms with Gasteiger partial charge < -0.3 is 16.5 Å². The molecule has 1 aromatic rings. The number of aromatic nitrogens is 2.